The summed E-state index contributed by atoms with van der Waals surface area (Å²) in [6, 6.07) is 0. The van der Waals surface area contributed by atoms with E-state index in [2.05, 4.69) is 10.1 Å². The number of nitrogens with one attached hydrogen (secondary N) is 1. The standard InChI is InChI=1S/C4H8N2O3/c1-9-4(8)3(7)6-2-5/h2,5H2,1H3,(H,6,7). The van der Waals surface area contributed by atoms with Crippen molar-refractivity contribution in [2.75, 3.05) is 13.8 Å². The van der Waals surface area contributed by atoms with Gasteiger partial charge in [-0.15, -0.1) is 0 Å². The molecule has 0 saturated heterocycles. The Morgan fingerprint density at radius 2 is 2.22 bits per heavy atom. The third-order valence-corrected chi connectivity index (χ3v) is 0.633. The fourth-order valence-electron chi connectivity index (χ4n) is 0.258. The Morgan fingerprint density at radius 1 is 1.67 bits per heavy atom. The molecule has 0 heterocycles. The predicted molar refractivity (Wildman–Crippen MR) is 29.2 cm³/mol. The van der Waals surface area contributed by atoms with Crippen molar-refractivity contribution < 1.29 is 14.3 Å². The van der Waals surface area contributed by atoms with Gasteiger partial charge in [0.1, 0.15) is 0 Å². The number of amides is 1. The van der Waals surface area contributed by atoms with E-state index >= 15 is 0 Å². The first-order chi connectivity index (χ1) is 4.22. The van der Waals surface area contributed by atoms with Crippen molar-refractivity contribution in [1.29, 1.82) is 0 Å². The van der Waals surface area contributed by atoms with Crippen molar-refractivity contribution in [2.24, 2.45) is 5.73 Å². The molecule has 0 aliphatic heterocycles. The van der Waals surface area contributed by atoms with Crippen molar-refractivity contribution in [3.05, 3.63) is 0 Å². The second-order valence-electron chi connectivity index (χ2n) is 1.20. The molecule has 0 rings (SSSR count). The van der Waals surface area contributed by atoms with Gasteiger partial charge in [-0.25, -0.2) is 4.79 Å². The van der Waals surface area contributed by atoms with Crippen LogP contribution in [0, 0.1) is 0 Å². The highest BCUT2D eigenvalue weighted by molar-refractivity contribution is 6.32. The van der Waals surface area contributed by atoms with Crippen LogP contribution in [-0.2, 0) is 14.3 Å². The Kier molecular flexibility index (Phi) is 3.38. The molecule has 0 aromatic heterocycles. The van der Waals surface area contributed by atoms with Gasteiger partial charge in [0.25, 0.3) is 0 Å². The summed E-state index contributed by atoms with van der Waals surface area (Å²) in [5.41, 5.74) is 4.88. The van der Waals surface area contributed by atoms with Crippen LogP contribution in [0.2, 0.25) is 0 Å². The maximum atomic E-state index is 10.3. The van der Waals surface area contributed by atoms with Gasteiger partial charge in [-0.3, -0.25) is 4.79 Å². The fraction of sp³-hybridized carbons (Fsp3) is 0.500. The molecule has 0 aromatic rings. The normalized spacial score (nSPS) is 8.22. The van der Waals surface area contributed by atoms with Gasteiger partial charge in [0.15, 0.2) is 0 Å². The van der Waals surface area contributed by atoms with E-state index in [9.17, 15) is 9.59 Å². The minimum atomic E-state index is -0.930. The van der Waals surface area contributed by atoms with Crippen molar-refractivity contribution in [3.8, 4) is 0 Å². The summed E-state index contributed by atoms with van der Waals surface area (Å²) < 4.78 is 4.06. The summed E-state index contributed by atoms with van der Waals surface area (Å²) in [4.78, 5) is 20.5. The molecule has 0 radical (unpaired) electrons. The summed E-state index contributed by atoms with van der Waals surface area (Å²) in [5, 5.41) is 2.06. The van der Waals surface area contributed by atoms with Crippen LogP contribution in [0.25, 0.3) is 0 Å². The number of methoxy groups -OCH3 is 1. The average molecular weight is 132 g/mol. The molecule has 5 heteroatoms. The van der Waals surface area contributed by atoms with E-state index in [1.807, 2.05) is 0 Å². The minimum Gasteiger partial charge on any atom is -0.462 e. The van der Waals surface area contributed by atoms with Crippen LogP contribution in [0.4, 0.5) is 0 Å². The van der Waals surface area contributed by atoms with Gasteiger partial charge in [-0.1, -0.05) is 0 Å². The van der Waals surface area contributed by atoms with Gasteiger partial charge in [0, 0.05) is 0 Å². The second kappa shape index (κ2) is 3.85. The lowest BCUT2D eigenvalue weighted by Gasteiger charge is -1.96. The van der Waals surface area contributed by atoms with E-state index in [-0.39, 0.29) is 6.67 Å². The quantitative estimate of drug-likeness (QED) is 0.250. The van der Waals surface area contributed by atoms with Crippen LogP contribution in [0.1, 0.15) is 0 Å². The second-order valence-corrected chi connectivity index (χ2v) is 1.20. The zero-order chi connectivity index (χ0) is 7.28. The largest absolute Gasteiger partial charge is 0.462 e. The van der Waals surface area contributed by atoms with Crippen LogP contribution in [0.5, 0.6) is 0 Å². The van der Waals surface area contributed by atoms with Crippen LogP contribution in [0.3, 0.4) is 0 Å². The van der Waals surface area contributed by atoms with E-state index in [1.54, 1.807) is 0 Å². The van der Waals surface area contributed by atoms with Gasteiger partial charge < -0.3 is 15.8 Å². The van der Waals surface area contributed by atoms with E-state index in [4.69, 9.17) is 5.73 Å². The Hall–Kier alpha value is -1.10. The summed E-state index contributed by atoms with van der Waals surface area (Å²) in [6.45, 7) is -0.0616. The van der Waals surface area contributed by atoms with Gasteiger partial charge in [0.05, 0.1) is 13.8 Å². The zero-order valence-corrected chi connectivity index (χ0v) is 5.01. The van der Waals surface area contributed by atoms with Crippen LogP contribution in [0.15, 0.2) is 0 Å². The van der Waals surface area contributed by atoms with Gasteiger partial charge in [0.2, 0.25) is 0 Å². The molecule has 9 heavy (non-hydrogen) atoms. The molecule has 0 fully saturated rings. The number of ether oxygens (including phenoxy) is 1. The molecule has 52 valence electrons. The smallest absolute Gasteiger partial charge is 0.396 e. The van der Waals surface area contributed by atoms with E-state index < -0.39 is 11.9 Å². The Morgan fingerprint density at radius 3 is 2.56 bits per heavy atom. The van der Waals surface area contributed by atoms with E-state index in [0.717, 1.165) is 7.11 Å². The zero-order valence-electron chi connectivity index (χ0n) is 5.01. The highest BCUT2D eigenvalue weighted by Gasteiger charge is 2.10. The molecule has 0 atom stereocenters. The number of nitrogens with two attached hydrogens (primary N) is 1. The molecule has 0 saturated carbocycles. The van der Waals surface area contributed by atoms with Crippen molar-refractivity contribution in [2.45, 2.75) is 0 Å². The Bertz CT molecular complexity index is 123. The molecule has 0 aliphatic rings. The first kappa shape index (κ1) is 7.90. The van der Waals surface area contributed by atoms with Gasteiger partial charge in [-0.05, 0) is 0 Å². The van der Waals surface area contributed by atoms with E-state index in [1.165, 1.54) is 0 Å². The summed E-state index contributed by atoms with van der Waals surface area (Å²) in [5.74, 6) is -1.75. The maximum absolute atomic E-state index is 10.3. The predicted octanol–water partition coefficient (Wildman–Crippen LogP) is -1.81. The lowest BCUT2D eigenvalue weighted by Crippen LogP contribution is -2.35. The molecular weight excluding hydrogens is 124 g/mol. The third kappa shape index (κ3) is 2.65. The molecule has 0 aromatic carbocycles. The molecule has 0 spiro atoms. The monoisotopic (exact) mass is 132 g/mol. The molecule has 0 unspecified atom stereocenters. The molecule has 1 amide bonds. The van der Waals surface area contributed by atoms with Crippen LogP contribution < -0.4 is 11.1 Å². The highest BCUT2D eigenvalue weighted by atomic mass is 16.5. The Labute approximate surface area is 52.2 Å². The molecule has 3 N–H and O–H groups in total. The first-order valence-corrected chi connectivity index (χ1v) is 2.28. The van der Waals surface area contributed by atoms with Crippen LogP contribution in [-0.4, -0.2) is 25.7 Å². The number of hydrogen-bond donors (Lipinski definition) is 2. The molecular formula is C4H8N2O3. The lowest BCUT2D eigenvalue weighted by molar-refractivity contribution is -0.152. The summed E-state index contributed by atoms with van der Waals surface area (Å²) in [7, 11) is 1.12. The number of esters is 1. The highest BCUT2D eigenvalue weighted by Crippen LogP contribution is 1.70. The third-order valence-electron chi connectivity index (χ3n) is 0.633. The van der Waals surface area contributed by atoms with Gasteiger partial charge >= 0.3 is 11.9 Å². The number of carbonyl (C=O) groups excluding carboxylic acids is 2. The minimum absolute atomic E-state index is 0.0616. The fourth-order valence-corrected chi connectivity index (χ4v) is 0.258. The molecule has 0 aliphatic carbocycles. The summed E-state index contributed by atoms with van der Waals surface area (Å²) >= 11 is 0. The van der Waals surface area contributed by atoms with Crippen molar-refractivity contribution in [3.63, 3.8) is 0 Å². The molecule has 0 bridgehead atoms. The number of hydrogen-bond acceptors (Lipinski definition) is 4. The maximum Gasteiger partial charge on any atom is 0.396 e. The SMILES string of the molecule is COC(=O)C(=O)NCN. The van der Waals surface area contributed by atoms with E-state index in [0.29, 0.717) is 0 Å². The number of carbonyl (C=O) groups is 2. The first-order valence-electron chi connectivity index (χ1n) is 2.28. The van der Waals surface area contributed by atoms with Gasteiger partial charge in [-0.2, -0.15) is 0 Å². The lowest BCUT2D eigenvalue weighted by atomic mass is 10.6. The summed E-state index contributed by atoms with van der Waals surface area (Å²) in [6.07, 6.45) is 0. The van der Waals surface area contributed by atoms with Crippen LogP contribution >= 0.6 is 0 Å². The molecule has 5 nitrogen and oxygen atoms in total. The number of rotatable bonds is 1. The topological polar surface area (TPSA) is 81.4 Å². The Balaban J connectivity index is 3.60. The average Bonchev–Trinajstić information content (AvgIpc) is 1.87. The van der Waals surface area contributed by atoms with Crippen molar-refractivity contribution >= 4 is 11.9 Å². The van der Waals surface area contributed by atoms with Crippen molar-refractivity contribution in [1.82, 2.24) is 5.32 Å².